The molecule has 0 heterocycles. The molecule has 27 heavy (non-hydrogen) atoms. The fourth-order valence-electron chi connectivity index (χ4n) is 0. The van der Waals surface area contributed by atoms with Crippen LogP contribution >= 0.6 is 0 Å². The number of hydrogen-bond acceptors (Lipinski definition) is 0. The third kappa shape index (κ3) is 464. The summed E-state index contributed by atoms with van der Waals surface area (Å²) < 4.78 is 0. The van der Waals surface area contributed by atoms with Gasteiger partial charge in [0, 0.05) is 96.5 Å². The third-order valence-corrected chi connectivity index (χ3v) is 9.00. The maximum atomic E-state index is 2.39. The van der Waals surface area contributed by atoms with Crippen LogP contribution in [0.25, 0.3) is 0 Å². The first kappa shape index (κ1) is 51.9. The van der Waals surface area contributed by atoms with Gasteiger partial charge < -0.3 is 0 Å². The molecule has 0 fully saturated rings. The van der Waals surface area contributed by atoms with E-state index in [0.717, 1.165) is 9.52 Å². The van der Waals surface area contributed by atoms with Crippen molar-refractivity contribution < 1.29 is 0 Å². The fourth-order valence-corrected chi connectivity index (χ4v) is 0. The van der Waals surface area contributed by atoms with Gasteiger partial charge in [-0.3, -0.25) is 0 Å². The summed E-state index contributed by atoms with van der Waals surface area (Å²) >= 11 is 0. The molecule has 0 N–H and O–H groups in total. The second-order valence-corrected chi connectivity index (χ2v) is 31.5. The van der Waals surface area contributed by atoms with Crippen LogP contribution in [0.4, 0.5) is 0 Å². The predicted molar refractivity (Wildman–Crippen MR) is 157 cm³/mol. The zero-order valence-corrected chi connectivity index (χ0v) is 33.7. The molecule has 0 atom stereocenters. The molecule has 0 unspecified atom stereocenters. The van der Waals surface area contributed by atoms with Gasteiger partial charge in [0.15, 0.2) is 0 Å². The topological polar surface area (TPSA) is 0 Å². The molecule has 0 saturated heterocycles. The van der Waals surface area contributed by atoms with Crippen molar-refractivity contribution in [3.05, 3.63) is 0 Å². The summed E-state index contributed by atoms with van der Waals surface area (Å²) in [5.74, 6) is 0. The Morgan fingerprint density at radius 2 is 0.370 bits per heavy atom. The summed E-state index contributed by atoms with van der Waals surface area (Å²) in [6, 6.07) is 0. The van der Waals surface area contributed by atoms with Crippen LogP contribution < -0.4 is 0 Å². The Morgan fingerprint density at radius 3 is 0.370 bits per heavy atom. The van der Waals surface area contributed by atoms with Crippen molar-refractivity contribution in [2.75, 3.05) is 0 Å². The molecule has 16 radical (unpaired) electrons. The van der Waals surface area contributed by atoms with E-state index in [2.05, 4.69) is 118 Å². The van der Waals surface area contributed by atoms with Crippen LogP contribution in [0.2, 0.25) is 118 Å². The molecule has 0 saturated carbocycles. The van der Waals surface area contributed by atoms with E-state index >= 15 is 0 Å². The van der Waals surface area contributed by atoms with Crippen LogP contribution in [-0.2, 0) is 0 Å². The Labute approximate surface area is 212 Å². The largest absolute Gasteiger partial charge is 0.0735 e. The van der Waals surface area contributed by atoms with Crippen molar-refractivity contribution in [2.45, 2.75) is 118 Å². The van der Waals surface area contributed by atoms with Gasteiger partial charge in [-0.2, -0.15) is 0 Å². The minimum atomic E-state index is 0. The molecule has 0 aliphatic rings. The molecule has 0 aliphatic heterocycles. The van der Waals surface area contributed by atoms with Gasteiger partial charge in [0.25, 0.3) is 0 Å². The monoisotopic (exact) mass is 614 g/mol. The van der Waals surface area contributed by atoms with E-state index in [4.69, 9.17) is 0 Å². The summed E-state index contributed by atoms with van der Waals surface area (Å²) in [4.78, 5) is 0. The minimum absolute atomic E-state index is 0. The molecule has 0 rings (SSSR count). The van der Waals surface area contributed by atoms with E-state index < -0.39 is 0 Å². The minimum Gasteiger partial charge on any atom is -0.0735 e. The Hall–Kier alpha value is 2.60. The van der Waals surface area contributed by atoms with Crippen LogP contribution in [0.3, 0.4) is 0 Å². The van der Waals surface area contributed by atoms with Crippen molar-refractivity contribution in [3.63, 3.8) is 0 Å². The third-order valence-electron chi connectivity index (χ3n) is 1.00. The average molecular weight is 612 g/mol. The molecule has 0 spiro atoms. The van der Waals surface area contributed by atoms with Gasteiger partial charge in [-0.05, 0) is 0 Å². The smallest absolute Gasteiger partial charge is 0.0379 e. The zero-order chi connectivity index (χ0) is 22.2. The SMILES string of the molecule is C[Si](C)C.C[Si](C)C.C[Si](C)C.C[Si](C)C.C[Si](C)[Si](C)C.C[Si]C.[Ge].[Ge]. The Morgan fingerprint density at radius 1 is 0.333 bits per heavy atom. The molecule has 162 valence electrons. The second kappa shape index (κ2) is 46.7. The van der Waals surface area contributed by atoms with E-state index in [1.807, 2.05) is 0 Å². The van der Waals surface area contributed by atoms with E-state index in [1.165, 1.54) is 0 Å². The van der Waals surface area contributed by atoms with Crippen LogP contribution in [0, 0.1) is 0 Å². The Kier molecular flexibility index (Phi) is 89.8. The van der Waals surface area contributed by atoms with Crippen LogP contribution in [0.5, 0.6) is 0 Å². The first-order valence-electron chi connectivity index (χ1n) is 9.25. The van der Waals surface area contributed by atoms with E-state index in [1.54, 1.807) is 0 Å². The van der Waals surface area contributed by atoms with E-state index in [9.17, 15) is 0 Å². The zero-order valence-electron chi connectivity index (χ0n) is 22.5. The molecule has 0 aromatic rings. The Balaban J connectivity index is -0.0000000267. The standard InChI is InChI=1S/C4H12Si2.4C3H9Si.C2H6Si.2Ge/c1-5(2)6(3)4;4*1-4(2)3;1-3-2;;/h1-4H3;4*1-3H3;1-2H3;;. The Bertz CT molecular complexity index is 140. The van der Waals surface area contributed by atoms with Crippen LogP contribution in [0.1, 0.15) is 0 Å². The molecular formula is C18H54Ge2Si7. The molecular weight excluding hydrogens is 558 g/mol. The van der Waals surface area contributed by atoms with Crippen molar-refractivity contribution in [1.82, 2.24) is 0 Å². The van der Waals surface area contributed by atoms with Gasteiger partial charge in [-0.1, -0.05) is 118 Å². The summed E-state index contributed by atoms with van der Waals surface area (Å²) in [5, 5.41) is 0. The van der Waals surface area contributed by atoms with Crippen molar-refractivity contribution in [3.8, 4) is 0 Å². The molecule has 0 nitrogen and oxygen atoms in total. The van der Waals surface area contributed by atoms with Crippen LogP contribution in [-0.4, -0.2) is 96.5 Å². The van der Waals surface area contributed by atoms with Gasteiger partial charge in [0.1, 0.15) is 0 Å². The van der Waals surface area contributed by atoms with Gasteiger partial charge in [0.05, 0.1) is 0 Å². The summed E-state index contributed by atoms with van der Waals surface area (Å²) in [5.41, 5.74) is 0. The van der Waals surface area contributed by atoms with Crippen LogP contribution in [0.15, 0.2) is 0 Å². The van der Waals surface area contributed by atoms with Crippen molar-refractivity contribution >= 4 is 96.5 Å². The average Bonchev–Trinajstić information content (AvgIpc) is 2.25. The van der Waals surface area contributed by atoms with E-state index in [0.29, 0.717) is 0 Å². The molecule has 9 heteroatoms. The molecule has 0 amide bonds. The predicted octanol–water partition coefficient (Wildman–Crippen LogP) is 7.08. The maximum Gasteiger partial charge on any atom is 0.0379 e. The summed E-state index contributed by atoms with van der Waals surface area (Å²) in [7, 11) is 1.87. The van der Waals surface area contributed by atoms with Gasteiger partial charge in [-0.15, -0.1) is 0 Å². The first-order chi connectivity index (χ1) is 11.0. The fraction of sp³-hybridized carbons (Fsp3) is 1.00. The quantitative estimate of drug-likeness (QED) is 0.278. The number of hydrogen-bond donors (Lipinski definition) is 0. The van der Waals surface area contributed by atoms with Gasteiger partial charge in [0.2, 0.25) is 0 Å². The molecule has 0 bridgehead atoms. The summed E-state index contributed by atoms with van der Waals surface area (Å²) in [6.07, 6.45) is 0. The summed E-state index contributed by atoms with van der Waals surface area (Å²) in [6.45, 7) is 41.1. The van der Waals surface area contributed by atoms with Crippen molar-refractivity contribution in [1.29, 1.82) is 0 Å². The maximum absolute atomic E-state index is 2.39. The van der Waals surface area contributed by atoms with E-state index in [-0.39, 0.29) is 87.0 Å². The second-order valence-electron chi connectivity index (χ2n) is 8.50. The normalized spacial score (nSPS) is 8.44. The molecule has 0 aromatic carbocycles. The van der Waals surface area contributed by atoms with Crippen molar-refractivity contribution in [2.24, 2.45) is 0 Å². The van der Waals surface area contributed by atoms with Gasteiger partial charge >= 0.3 is 0 Å². The molecule has 0 aliphatic carbocycles. The van der Waals surface area contributed by atoms with Gasteiger partial charge in [-0.25, -0.2) is 0 Å². The molecule has 0 aromatic heterocycles. The number of rotatable bonds is 1. The first-order valence-corrected chi connectivity index (χ1v) is 29.2.